The molecule has 0 N–H and O–H groups in total. The van der Waals surface area contributed by atoms with Gasteiger partial charge in [0.2, 0.25) is 0 Å². The van der Waals surface area contributed by atoms with Gasteiger partial charge in [-0.1, -0.05) is 97.1 Å². The number of hydrogen-bond donors (Lipinski definition) is 0. The van der Waals surface area contributed by atoms with Gasteiger partial charge in [0, 0.05) is 38.5 Å². The van der Waals surface area contributed by atoms with Gasteiger partial charge in [0.05, 0.1) is 45.3 Å². The summed E-state index contributed by atoms with van der Waals surface area (Å²) in [7, 11) is 0. The lowest BCUT2D eigenvalue weighted by atomic mass is 9.95. The zero-order chi connectivity index (χ0) is 32.2. The van der Waals surface area contributed by atoms with Crippen LogP contribution in [0.15, 0.2) is 158 Å². The third kappa shape index (κ3) is 4.07. The highest BCUT2D eigenvalue weighted by Gasteiger charge is 2.21. The molecule has 0 aliphatic carbocycles. The summed E-state index contributed by atoms with van der Waals surface area (Å²) >= 11 is 0. The van der Waals surface area contributed by atoms with Crippen LogP contribution in [-0.2, 0) is 0 Å². The van der Waals surface area contributed by atoms with Crippen LogP contribution in [0.3, 0.4) is 0 Å². The van der Waals surface area contributed by atoms with Crippen molar-refractivity contribution in [2.75, 3.05) is 0 Å². The highest BCUT2D eigenvalue weighted by atomic mass is 15.0. The highest BCUT2D eigenvalue weighted by Crippen LogP contribution is 2.43. The molecule has 2 aromatic heterocycles. The molecule has 0 aliphatic rings. The maximum absolute atomic E-state index is 9.91. The van der Waals surface area contributed by atoms with Gasteiger partial charge in [0.1, 0.15) is 0 Å². The first-order chi connectivity index (χ1) is 23.7. The first kappa shape index (κ1) is 27.4. The molecular weight excluding hydrogens is 585 g/mol. The lowest BCUT2D eigenvalue weighted by Gasteiger charge is -2.12. The fourth-order valence-electron chi connectivity index (χ4n) is 7.38. The van der Waals surface area contributed by atoms with Crippen LogP contribution in [-0.4, -0.2) is 9.13 Å². The Bertz CT molecular complexity index is 2770. The van der Waals surface area contributed by atoms with Crippen LogP contribution in [0, 0.1) is 22.7 Å². The zero-order valence-electron chi connectivity index (χ0n) is 25.8. The fourth-order valence-corrected chi connectivity index (χ4v) is 7.38. The smallest absolute Gasteiger partial charge is 0.0998 e. The van der Waals surface area contributed by atoms with Gasteiger partial charge in [-0.3, -0.25) is 0 Å². The average Bonchev–Trinajstić information content (AvgIpc) is 3.68. The molecule has 0 unspecified atom stereocenters. The topological polar surface area (TPSA) is 57.4 Å². The van der Waals surface area contributed by atoms with Gasteiger partial charge in [0.25, 0.3) is 0 Å². The minimum atomic E-state index is 0.485. The van der Waals surface area contributed by atoms with Crippen LogP contribution in [0.1, 0.15) is 11.1 Å². The summed E-state index contributed by atoms with van der Waals surface area (Å²) in [5, 5.41) is 24.6. The Labute approximate surface area is 277 Å². The quantitative estimate of drug-likeness (QED) is 0.199. The minimum absolute atomic E-state index is 0.485. The summed E-state index contributed by atoms with van der Waals surface area (Å²) in [6.07, 6.45) is 0. The zero-order valence-corrected chi connectivity index (χ0v) is 25.8. The normalized spacial score (nSPS) is 11.3. The van der Waals surface area contributed by atoms with Crippen molar-refractivity contribution in [3.63, 3.8) is 0 Å². The monoisotopic (exact) mass is 610 g/mol. The molecule has 0 aliphatic heterocycles. The molecule has 0 bridgehead atoms. The Morgan fingerprint density at radius 1 is 0.375 bits per heavy atom. The summed E-state index contributed by atoms with van der Waals surface area (Å²) in [6.45, 7) is 0. The minimum Gasteiger partial charge on any atom is -0.309 e. The van der Waals surface area contributed by atoms with Gasteiger partial charge >= 0.3 is 0 Å². The van der Waals surface area contributed by atoms with Gasteiger partial charge in [-0.25, -0.2) is 0 Å². The molecule has 0 fully saturated rings. The van der Waals surface area contributed by atoms with Crippen molar-refractivity contribution in [1.82, 2.24) is 9.13 Å². The molecule has 4 nitrogen and oxygen atoms in total. The molecule has 4 heteroatoms. The van der Waals surface area contributed by atoms with Crippen molar-refractivity contribution < 1.29 is 0 Å². The SMILES string of the molecule is N#Cc1cccc(C#N)c1-c1cccc(-n2c3ccccc3c3c4c5ccccc5n(-c5cccc(-c6ccccc6)c5)c4ccc32)c1. The Morgan fingerprint density at radius 2 is 0.833 bits per heavy atom. The first-order valence-electron chi connectivity index (χ1n) is 15.9. The third-order valence-electron chi connectivity index (χ3n) is 9.38. The van der Waals surface area contributed by atoms with Crippen LogP contribution >= 0.6 is 0 Å². The Hall–Kier alpha value is -6.88. The number of rotatable bonds is 4. The highest BCUT2D eigenvalue weighted by molar-refractivity contribution is 6.28. The third-order valence-corrected chi connectivity index (χ3v) is 9.38. The Balaban J connectivity index is 1.34. The summed E-state index contributed by atoms with van der Waals surface area (Å²) < 4.78 is 4.68. The van der Waals surface area contributed by atoms with Crippen molar-refractivity contribution in [2.24, 2.45) is 0 Å². The van der Waals surface area contributed by atoms with Crippen LogP contribution < -0.4 is 0 Å². The summed E-state index contributed by atoms with van der Waals surface area (Å²) in [5.74, 6) is 0. The van der Waals surface area contributed by atoms with Gasteiger partial charge in [-0.15, -0.1) is 0 Å². The van der Waals surface area contributed by atoms with E-state index in [4.69, 9.17) is 0 Å². The molecule has 0 saturated heterocycles. The predicted molar refractivity (Wildman–Crippen MR) is 195 cm³/mol. The molecule has 9 rings (SSSR count). The maximum Gasteiger partial charge on any atom is 0.0998 e. The average molecular weight is 611 g/mol. The number of fused-ring (bicyclic) bond motifs is 7. The summed E-state index contributed by atoms with van der Waals surface area (Å²) in [6, 6.07) is 59.0. The number of nitrogens with zero attached hydrogens (tertiary/aromatic N) is 4. The molecule has 0 amide bonds. The van der Waals surface area contributed by atoms with Crippen molar-refractivity contribution in [1.29, 1.82) is 10.5 Å². The van der Waals surface area contributed by atoms with E-state index < -0.39 is 0 Å². The van der Waals surface area contributed by atoms with Crippen LogP contribution in [0.4, 0.5) is 0 Å². The lowest BCUT2D eigenvalue weighted by Crippen LogP contribution is -1.96. The van der Waals surface area contributed by atoms with E-state index in [1.165, 1.54) is 32.7 Å². The van der Waals surface area contributed by atoms with Crippen molar-refractivity contribution >= 4 is 43.6 Å². The van der Waals surface area contributed by atoms with Crippen LogP contribution in [0.2, 0.25) is 0 Å². The van der Waals surface area contributed by atoms with E-state index in [1.807, 2.05) is 18.2 Å². The molecule has 0 atom stereocenters. The second-order valence-electron chi connectivity index (χ2n) is 12.0. The van der Waals surface area contributed by atoms with E-state index in [-0.39, 0.29) is 0 Å². The largest absolute Gasteiger partial charge is 0.309 e. The van der Waals surface area contributed by atoms with Gasteiger partial charge in [-0.05, 0) is 77.4 Å². The molecule has 0 radical (unpaired) electrons. The van der Waals surface area contributed by atoms with E-state index in [2.05, 4.69) is 143 Å². The van der Waals surface area contributed by atoms with Crippen molar-refractivity contribution in [2.45, 2.75) is 0 Å². The second kappa shape index (κ2) is 10.9. The molecule has 0 spiro atoms. The van der Waals surface area contributed by atoms with Crippen LogP contribution in [0.25, 0.3) is 77.2 Å². The van der Waals surface area contributed by atoms with E-state index in [1.54, 1.807) is 18.2 Å². The van der Waals surface area contributed by atoms with E-state index in [9.17, 15) is 10.5 Å². The fraction of sp³-hybridized carbons (Fsp3) is 0. The van der Waals surface area contributed by atoms with Gasteiger partial charge < -0.3 is 9.13 Å². The number of aromatic nitrogens is 2. The Kier molecular flexibility index (Phi) is 6.22. The van der Waals surface area contributed by atoms with Gasteiger partial charge in [-0.2, -0.15) is 10.5 Å². The summed E-state index contributed by atoms with van der Waals surface area (Å²) in [4.78, 5) is 0. The lowest BCUT2D eigenvalue weighted by molar-refractivity contribution is 1.17. The van der Waals surface area contributed by atoms with E-state index in [0.717, 1.165) is 39.0 Å². The van der Waals surface area contributed by atoms with Crippen molar-refractivity contribution in [3.05, 3.63) is 169 Å². The molecule has 9 aromatic rings. The molecule has 0 saturated carbocycles. The second-order valence-corrected chi connectivity index (χ2v) is 12.0. The summed E-state index contributed by atoms with van der Waals surface area (Å²) in [5.41, 5.74) is 11.4. The maximum atomic E-state index is 9.91. The molecule has 222 valence electrons. The number of hydrogen-bond acceptors (Lipinski definition) is 2. The first-order valence-corrected chi connectivity index (χ1v) is 15.9. The van der Waals surface area contributed by atoms with Crippen molar-refractivity contribution in [3.8, 4) is 45.8 Å². The Morgan fingerprint density at radius 3 is 1.40 bits per heavy atom. The van der Waals surface area contributed by atoms with Gasteiger partial charge in [0.15, 0.2) is 0 Å². The molecular formula is C44H26N4. The number of para-hydroxylation sites is 2. The number of benzene rings is 7. The van der Waals surface area contributed by atoms with E-state index in [0.29, 0.717) is 16.7 Å². The molecule has 2 heterocycles. The molecule has 7 aromatic carbocycles. The predicted octanol–water partition coefficient (Wildman–Crippen LogP) is 11.0. The number of nitriles is 2. The standard InChI is InChI=1S/C44H26N4/c45-27-32-15-8-16-33(28-46)42(32)31-14-10-18-35(26-31)48-39-22-7-5-20-37(39)44-41(48)24-23-40-43(44)36-19-4-6-21-38(36)47(40)34-17-9-13-30(25-34)29-11-2-1-3-12-29/h1-26H. The van der Waals surface area contributed by atoms with E-state index >= 15 is 0 Å². The van der Waals surface area contributed by atoms with Crippen LogP contribution in [0.5, 0.6) is 0 Å². The molecule has 48 heavy (non-hydrogen) atoms.